The fourth-order valence-electron chi connectivity index (χ4n) is 1.09. The second kappa shape index (κ2) is 4.28. The largest absolute Gasteiger partial charge is 0.336 e. The third-order valence-corrected chi connectivity index (χ3v) is 1.93. The molecule has 1 aliphatic rings. The molecule has 0 aromatic rings. The molecule has 62 valence electrons. The van der Waals surface area contributed by atoms with Gasteiger partial charge in [0.2, 0.25) is 0 Å². The molecule has 0 radical (unpaired) electrons. The minimum absolute atomic E-state index is 0.0642. The quantitative estimate of drug-likeness (QED) is 0.502. The highest BCUT2D eigenvalue weighted by molar-refractivity contribution is 7.78. The zero-order valence-electron chi connectivity index (χ0n) is 6.38. The van der Waals surface area contributed by atoms with E-state index in [1.807, 2.05) is 4.90 Å². The van der Waals surface area contributed by atoms with Gasteiger partial charge in [-0.1, -0.05) is 12.2 Å². The first-order valence-electron chi connectivity index (χ1n) is 3.81. The molecule has 0 unspecified atom stereocenters. The lowest BCUT2D eigenvalue weighted by Crippen LogP contribution is -2.28. The van der Waals surface area contributed by atoms with Crippen molar-refractivity contribution in [2.75, 3.05) is 19.6 Å². The Bertz CT molecular complexity index is 161. The molecule has 1 saturated heterocycles. The van der Waals surface area contributed by atoms with Crippen molar-refractivity contribution in [3.05, 3.63) is 0 Å². The maximum absolute atomic E-state index is 10.9. The van der Waals surface area contributed by atoms with Crippen LogP contribution >= 0.6 is 12.2 Å². The van der Waals surface area contributed by atoms with E-state index in [1.165, 1.54) is 0 Å². The third kappa shape index (κ3) is 2.46. The Kier molecular flexibility index (Phi) is 3.29. The number of hydrogen-bond donors (Lipinski definition) is 1. The van der Waals surface area contributed by atoms with Crippen LogP contribution in [0, 0.1) is 0 Å². The Morgan fingerprint density at radius 1 is 1.73 bits per heavy atom. The van der Waals surface area contributed by atoms with Crippen LogP contribution in [0.5, 0.6) is 0 Å². The summed E-state index contributed by atoms with van der Waals surface area (Å²) >= 11 is 4.68. The SMILES string of the molecule is O=C1NCCN1CCCC=S. The van der Waals surface area contributed by atoms with Crippen molar-refractivity contribution in [3.8, 4) is 0 Å². The van der Waals surface area contributed by atoms with Gasteiger partial charge in [0.15, 0.2) is 0 Å². The minimum Gasteiger partial charge on any atom is -0.336 e. The Morgan fingerprint density at radius 3 is 3.09 bits per heavy atom. The summed E-state index contributed by atoms with van der Waals surface area (Å²) in [7, 11) is 0. The van der Waals surface area contributed by atoms with E-state index < -0.39 is 0 Å². The Labute approximate surface area is 71.8 Å². The maximum atomic E-state index is 10.9. The highest BCUT2D eigenvalue weighted by Crippen LogP contribution is 1.98. The lowest BCUT2D eigenvalue weighted by molar-refractivity contribution is 0.217. The summed E-state index contributed by atoms with van der Waals surface area (Å²) < 4.78 is 0. The number of thiocarbonyl (C=S) groups is 1. The van der Waals surface area contributed by atoms with E-state index in [0.29, 0.717) is 0 Å². The van der Waals surface area contributed by atoms with Gasteiger partial charge in [-0.2, -0.15) is 0 Å². The standard InChI is InChI=1S/C7H12N2OS/c10-7-8-3-5-9(7)4-1-2-6-11/h6H,1-5H2,(H,8,10). The van der Waals surface area contributed by atoms with Gasteiger partial charge < -0.3 is 10.2 Å². The van der Waals surface area contributed by atoms with Crippen molar-refractivity contribution in [1.82, 2.24) is 10.2 Å². The lowest BCUT2D eigenvalue weighted by atomic mass is 10.3. The molecule has 3 nitrogen and oxygen atoms in total. The third-order valence-electron chi connectivity index (χ3n) is 1.70. The van der Waals surface area contributed by atoms with Crippen LogP contribution in [0.25, 0.3) is 0 Å². The van der Waals surface area contributed by atoms with Crippen LogP contribution in [0.15, 0.2) is 0 Å². The highest BCUT2D eigenvalue weighted by Gasteiger charge is 2.17. The van der Waals surface area contributed by atoms with Crippen molar-refractivity contribution in [2.45, 2.75) is 12.8 Å². The molecule has 11 heavy (non-hydrogen) atoms. The molecule has 1 rings (SSSR count). The second-order valence-corrected chi connectivity index (χ2v) is 2.86. The summed E-state index contributed by atoms with van der Waals surface area (Å²) in [5.41, 5.74) is 0. The van der Waals surface area contributed by atoms with Crippen LogP contribution in [0.4, 0.5) is 4.79 Å². The highest BCUT2D eigenvalue weighted by atomic mass is 32.1. The number of hydrogen-bond acceptors (Lipinski definition) is 2. The number of urea groups is 1. The van der Waals surface area contributed by atoms with Crippen LogP contribution < -0.4 is 5.32 Å². The van der Waals surface area contributed by atoms with E-state index in [1.54, 1.807) is 5.37 Å². The topological polar surface area (TPSA) is 32.3 Å². The zero-order chi connectivity index (χ0) is 8.10. The van der Waals surface area contributed by atoms with Gasteiger partial charge in [0.05, 0.1) is 0 Å². The number of carbonyl (C=O) groups excluding carboxylic acids is 1. The molecule has 1 N–H and O–H groups in total. The van der Waals surface area contributed by atoms with E-state index >= 15 is 0 Å². The molecule has 1 heterocycles. The van der Waals surface area contributed by atoms with Crippen LogP contribution in [0.1, 0.15) is 12.8 Å². The molecule has 1 fully saturated rings. The summed E-state index contributed by atoms with van der Waals surface area (Å²) in [5.74, 6) is 0. The van der Waals surface area contributed by atoms with E-state index in [9.17, 15) is 4.79 Å². The maximum Gasteiger partial charge on any atom is 0.317 e. The number of amides is 2. The molecule has 0 bridgehead atoms. The monoisotopic (exact) mass is 172 g/mol. The molecular formula is C7H12N2OS. The van der Waals surface area contributed by atoms with E-state index in [2.05, 4.69) is 17.5 Å². The van der Waals surface area contributed by atoms with Crippen LogP contribution in [-0.2, 0) is 0 Å². The van der Waals surface area contributed by atoms with Crippen LogP contribution in [0.2, 0.25) is 0 Å². The molecule has 0 spiro atoms. The van der Waals surface area contributed by atoms with Crippen LogP contribution in [0.3, 0.4) is 0 Å². The molecule has 0 aromatic heterocycles. The predicted molar refractivity (Wildman–Crippen MR) is 47.9 cm³/mol. The number of carbonyl (C=O) groups is 1. The van der Waals surface area contributed by atoms with Gasteiger partial charge in [-0.15, -0.1) is 0 Å². The van der Waals surface area contributed by atoms with Crippen molar-refractivity contribution in [1.29, 1.82) is 0 Å². The lowest BCUT2D eigenvalue weighted by Gasteiger charge is -2.12. The first-order chi connectivity index (χ1) is 5.34. The molecule has 4 heteroatoms. The van der Waals surface area contributed by atoms with E-state index in [0.717, 1.165) is 32.5 Å². The van der Waals surface area contributed by atoms with E-state index in [4.69, 9.17) is 0 Å². The fourth-order valence-corrected chi connectivity index (χ4v) is 1.26. The van der Waals surface area contributed by atoms with Gasteiger partial charge in [0.25, 0.3) is 0 Å². The van der Waals surface area contributed by atoms with Crippen LogP contribution in [-0.4, -0.2) is 35.9 Å². The molecular weight excluding hydrogens is 160 g/mol. The van der Waals surface area contributed by atoms with Gasteiger partial charge in [0.1, 0.15) is 0 Å². The molecule has 2 amide bonds. The second-order valence-electron chi connectivity index (χ2n) is 2.53. The Morgan fingerprint density at radius 2 is 2.55 bits per heavy atom. The Hall–Kier alpha value is -0.640. The molecule has 0 aromatic carbocycles. The number of nitrogens with one attached hydrogen (secondary N) is 1. The summed E-state index contributed by atoms with van der Waals surface area (Å²) in [6.07, 6.45) is 1.90. The molecule has 1 aliphatic heterocycles. The van der Waals surface area contributed by atoms with Gasteiger partial charge >= 0.3 is 6.03 Å². The van der Waals surface area contributed by atoms with E-state index in [-0.39, 0.29) is 6.03 Å². The van der Waals surface area contributed by atoms with Crippen molar-refractivity contribution in [2.24, 2.45) is 0 Å². The van der Waals surface area contributed by atoms with Crippen molar-refractivity contribution in [3.63, 3.8) is 0 Å². The van der Waals surface area contributed by atoms with Gasteiger partial charge in [-0.05, 0) is 18.2 Å². The molecule has 0 atom stereocenters. The molecule has 0 saturated carbocycles. The number of rotatable bonds is 4. The minimum atomic E-state index is 0.0642. The number of unbranched alkanes of at least 4 members (excludes halogenated alkanes) is 1. The summed E-state index contributed by atoms with van der Waals surface area (Å²) in [6, 6.07) is 0.0642. The first kappa shape index (κ1) is 8.46. The summed E-state index contributed by atoms with van der Waals surface area (Å²) in [6.45, 7) is 2.46. The fraction of sp³-hybridized carbons (Fsp3) is 0.714. The van der Waals surface area contributed by atoms with Gasteiger partial charge in [-0.25, -0.2) is 4.79 Å². The average molecular weight is 172 g/mol. The molecule has 0 aliphatic carbocycles. The van der Waals surface area contributed by atoms with Crippen molar-refractivity contribution < 1.29 is 4.79 Å². The zero-order valence-corrected chi connectivity index (χ0v) is 7.19. The average Bonchev–Trinajstić information content (AvgIpc) is 2.37. The summed E-state index contributed by atoms with van der Waals surface area (Å²) in [4.78, 5) is 12.8. The van der Waals surface area contributed by atoms with Gasteiger partial charge in [-0.3, -0.25) is 0 Å². The first-order valence-corrected chi connectivity index (χ1v) is 4.28. The smallest absolute Gasteiger partial charge is 0.317 e. The summed E-state index contributed by atoms with van der Waals surface area (Å²) in [5, 5.41) is 4.46. The van der Waals surface area contributed by atoms with Gasteiger partial charge in [0, 0.05) is 19.6 Å². The normalized spacial score (nSPS) is 16.7. The van der Waals surface area contributed by atoms with Crippen molar-refractivity contribution >= 4 is 23.6 Å². The predicted octanol–water partition coefficient (Wildman–Crippen LogP) is 0.792. The Balaban J connectivity index is 2.15. The number of nitrogens with zero attached hydrogens (tertiary/aromatic N) is 1.